The first-order chi connectivity index (χ1) is 7.73. The number of hydrogen-bond acceptors (Lipinski definition) is 3. The first-order valence-electron chi connectivity index (χ1n) is 6.04. The summed E-state index contributed by atoms with van der Waals surface area (Å²) in [6, 6.07) is 0.0934. The van der Waals surface area contributed by atoms with Gasteiger partial charge in [0.25, 0.3) is 0 Å². The predicted molar refractivity (Wildman–Crippen MR) is 68.4 cm³/mol. The van der Waals surface area contributed by atoms with E-state index in [2.05, 4.69) is 10.6 Å². The van der Waals surface area contributed by atoms with Crippen LogP contribution in [0.3, 0.4) is 0 Å². The molecule has 0 radical (unpaired) electrons. The van der Waals surface area contributed by atoms with Gasteiger partial charge in [-0.2, -0.15) is 0 Å². The molecule has 0 heterocycles. The molecule has 4 N–H and O–H groups in total. The lowest BCUT2D eigenvalue weighted by Gasteiger charge is -2.17. The van der Waals surface area contributed by atoms with E-state index >= 15 is 0 Å². The van der Waals surface area contributed by atoms with E-state index in [9.17, 15) is 9.59 Å². The molecule has 0 aliphatic carbocycles. The van der Waals surface area contributed by atoms with E-state index in [4.69, 9.17) is 5.73 Å². The summed E-state index contributed by atoms with van der Waals surface area (Å²) in [6.07, 6.45) is 1.07. The van der Waals surface area contributed by atoms with Crippen LogP contribution in [0.5, 0.6) is 0 Å². The van der Waals surface area contributed by atoms with Gasteiger partial charge in [0.15, 0.2) is 0 Å². The predicted octanol–water partition coefficient (Wildman–Crippen LogP) is 0.392. The summed E-state index contributed by atoms with van der Waals surface area (Å²) < 4.78 is 0. The highest BCUT2D eigenvalue weighted by Gasteiger charge is 2.20. The Kier molecular flexibility index (Phi) is 6.80. The fraction of sp³-hybridized carbons (Fsp3) is 0.833. The molecule has 17 heavy (non-hydrogen) atoms. The summed E-state index contributed by atoms with van der Waals surface area (Å²) in [5.41, 5.74) is 5.15. The van der Waals surface area contributed by atoms with E-state index < -0.39 is 5.41 Å². The highest BCUT2D eigenvalue weighted by Crippen LogP contribution is 2.11. The SMILES string of the molecule is CC(N)CCNC(=O)CCNC(=O)C(C)(C)C. The second kappa shape index (κ2) is 7.27. The van der Waals surface area contributed by atoms with Gasteiger partial charge < -0.3 is 16.4 Å². The van der Waals surface area contributed by atoms with Crippen LogP contribution in [0, 0.1) is 5.41 Å². The Morgan fingerprint density at radius 1 is 1.18 bits per heavy atom. The third-order valence-corrected chi connectivity index (χ3v) is 2.24. The molecule has 1 unspecified atom stereocenters. The number of carbonyl (C=O) groups is 2. The fourth-order valence-corrected chi connectivity index (χ4v) is 1.08. The zero-order valence-electron chi connectivity index (χ0n) is 11.3. The van der Waals surface area contributed by atoms with Crippen LogP contribution in [0.2, 0.25) is 0 Å². The molecule has 0 aromatic carbocycles. The van der Waals surface area contributed by atoms with Crippen molar-refractivity contribution in [3.63, 3.8) is 0 Å². The Morgan fingerprint density at radius 2 is 1.76 bits per heavy atom. The number of carbonyl (C=O) groups excluding carboxylic acids is 2. The van der Waals surface area contributed by atoms with Crippen molar-refractivity contribution >= 4 is 11.8 Å². The van der Waals surface area contributed by atoms with Crippen molar-refractivity contribution in [3.8, 4) is 0 Å². The number of nitrogens with one attached hydrogen (secondary N) is 2. The lowest BCUT2D eigenvalue weighted by molar-refractivity contribution is -0.128. The Morgan fingerprint density at radius 3 is 2.24 bits per heavy atom. The highest BCUT2D eigenvalue weighted by molar-refractivity contribution is 5.82. The molecule has 0 saturated heterocycles. The second-order valence-corrected chi connectivity index (χ2v) is 5.37. The maximum Gasteiger partial charge on any atom is 0.225 e. The third-order valence-electron chi connectivity index (χ3n) is 2.24. The summed E-state index contributed by atoms with van der Waals surface area (Å²) in [5, 5.41) is 5.48. The van der Waals surface area contributed by atoms with Crippen LogP contribution in [0.15, 0.2) is 0 Å². The van der Waals surface area contributed by atoms with Crippen molar-refractivity contribution in [2.75, 3.05) is 13.1 Å². The van der Waals surface area contributed by atoms with Crippen molar-refractivity contribution in [3.05, 3.63) is 0 Å². The maximum atomic E-state index is 11.5. The lowest BCUT2D eigenvalue weighted by atomic mass is 9.96. The van der Waals surface area contributed by atoms with E-state index in [-0.39, 0.29) is 17.9 Å². The second-order valence-electron chi connectivity index (χ2n) is 5.37. The molecule has 0 aromatic heterocycles. The summed E-state index contributed by atoms with van der Waals surface area (Å²) in [4.78, 5) is 22.8. The molecule has 5 heteroatoms. The van der Waals surface area contributed by atoms with Gasteiger partial charge in [0.05, 0.1) is 0 Å². The van der Waals surface area contributed by atoms with Crippen LogP contribution in [0.4, 0.5) is 0 Å². The van der Waals surface area contributed by atoms with Crippen LogP contribution in [0.1, 0.15) is 40.5 Å². The average Bonchev–Trinajstić information content (AvgIpc) is 2.15. The van der Waals surface area contributed by atoms with Crippen LogP contribution in [0.25, 0.3) is 0 Å². The van der Waals surface area contributed by atoms with Crippen LogP contribution >= 0.6 is 0 Å². The number of nitrogens with two attached hydrogens (primary N) is 1. The molecule has 0 aliphatic rings. The fourth-order valence-electron chi connectivity index (χ4n) is 1.08. The Labute approximate surface area is 104 Å². The van der Waals surface area contributed by atoms with Gasteiger partial charge in [-0.3, -0.25) is 9.59 Å². The van der Waals surface area contributed by atoms with Gasteiger partial charge in [0, 0.05) is 31.0 Å². The first-order valence-corrected chi connectivity index (χ1v) is 6.04. The molecular formula is C12H25N3O2. The summed E-state index contributed by atoms with van der Waals surface area (Å²) in [5.74, 6) is -0.0965. The van der Waals surface area contributed by atoms with Crippen LogP contribution in [-0.2, 0) is 9.59 Å². The Balaban J connectivity index is 3.62. The molecule has 0 fully saturated rings. The van der Waals surface area contributed by atoms with E-state index in [0.717, 1.165) is 6.42 Å². The molecule has 100 valence electrons. The van der Waals surface area contributed by atoms with Gasteiger partial charge in [-0.25, -0.2) is 0 Å². The van der Waals surface area contributed by atoms with E-state index in [1.165, 1.54) is 0 Å². The van der Waals surface area contributed by atoms with E-state index in [1.54, 1.807) is 0 Å². The minimum atomic E-state index is -0.411. The first kappa shape index (κ1) is 15.9. The van der Waals surface area contributed by atoms with Crippen LogP contribution < -0.4 is 16.4 Å². The minimum absolute atomic E-state index is 0.0409. The number of rotatable bonds is 6. The van der Waals surface area contributed by atoms with Crippen molar-refractivity contribution in [1.82, 2.24) is 10.6 Å². The van der Waals surface area contributed by atoms with Gasteiger partial charge in [-0.15, -0.1) is 0 Å². The summed E-state index contributed by atoms with van der Waals surface area (Å²) in [6.45, 7) is 8.38. The van der Waals surface area contributed by atoms with Crippen molar-refractivity contribution in [1.29, 1.82) is 0 Å². The van der Waals surface area contributed by atoms with Crippen LogP contribution in [-0.4, -0.2) is 30.9 Å². The summed E-state index contributed by atoms with van der Waals surface area (Å²) >= 11 is 0. The molecule has 5 nitrogen and oxygen atoms in total. The van der Waals surface area contributed by atoms with E-state index in [0.29, 0.717) is 19.5 Å². The molecule has 0 saturated carbocycles. The Bertz CT molecular complexity index is 257. The molecule has 0 aromatic rings. The smallest absolute Gasteiger partial charge is 0.225 e. The van der Waals surface area contributed by atoms with Gasteiger partial charge in [-0.1, -0.05) is 20.8 Å². The molecular weight excluding hydrogens is 218 g/mol. The third kappa shape index (κ3) is 8.68. The quantitative estimate of drug-likeness (QED) is 0.631. The Hall–Kier alpha value is -1.10. The standard InChI is InChI=1S/C12H25N3O2/c1-9(13)5-7-14-10(16)6-8-15-11(17)12(2,3)4/h9H,5-8,13H2,1-4H3,(H,14,16)(H,15,17). The molecule has 2 amide bonds. The topological polar surface area (TPSA) is 84.2 Å². The monoisotopic (exact) mass is 243 g/mol. The number of hydrogen-bond donors (Lipinski definition) is 3. The van der Waals surface area contributed by atoms with Crippen molar-refractivity contribution < 1.29 is 9.59 Å². The van der Waals surface area contributed by atoms with Gasteiger partial charge in [0.2, 0.25) is 11.8 Å². The normalized spacial score (nSPS) is 13.0. The summed E-state index contributed by atoms with van der Waals surface area (Å²) in [7, 11) is 0. The highest BCUT2D eigenvalue weighted by atomic mass is 16.2. The van der Waals surface area contributed by atoms with E-state index in [1.807, 2.05) is 27.7 Å². The largest absolute Gasteiger partial charge is 0.356 e. The average molecular weight is 243 g/mol. The minimum Gasteiger partial charge on any atom is -0.356 e. The molecule has 0 bridgehead atoms. The zero-order chi connectivity index (χ0) is 13.5. The molecule has 0 aliphatic heterocycles. The van der Waals surface area contributed by atoms with Crippen molar-refractivity contribution in [2.24, 2.45) is 11.1 Å². The van der Waals surface area contributed by atoms with Gasteiger partial charge >= 0.3 is 0 Å². The number of amides is 2. The van der Waals surface area contributed by atoms with Crippen molar-refractivity contribution in [2.45, 2.75) is 46.6 Å². The molecule has 0 spiro atoms. The van der Waals surface area contributed by atoms with Gasteiger partial charge in [0.1, 0.15) is 0 Å². The molecule has 1 atom stereocenters. The lowest BCUT2D eigenvalue weighted by Crippen LogP contribution is -2.37. The maximum absolute atomic E-state index is 11.5. The van der Waals surface area contributed by atoms with Gasteiger partial charge in [-0.05, 0) is 13.3 Å². The molecule has 0 rings (SSSR count). The zero-order valence-corrected chi connectivity index (χ0v) is 11.3.